The molecular weight excluding hydrogens is 150 g/mol. The summed E-state index contributed by atoms with van der Waals surface area (Å²) in [5.41, 5.74) is 6.45. The van der Waals surface area contributed by atoms with Gasteiger partial charge in [-0.25, -0.2) is 0 Å². The van der Waals surface area contributed by atoms with Crippen molar-refractivity contribution in [3.05, 3.63) is 0 Å². The van der Waals surface area contributed by atoms with Gasteiger partial charge in [-0.05, 0) is 43.4 Å². The number of hydrogen-bond donors (Lipinski definition) is 2. The lowest BCUT2D eigenvalue weighted by atomic mass is 9.51. The summed E-state index contributed by atoms with van der Waals surface area (Å²) in [6, 6.07) is 0.0347. The van der Waals surface area contributed by atoms with Crippen LogP contribution in [0.5, 0.6) is 0 Å². The van der Waals surface area contributed by atoms with E-state index in [1.807, 2.05) is 0 Å². The van der Waals surface area contributed by atoms with Gasteiger partial charge in [0.05, 0.1) is 6.61 Å². The summed E-state index contributed by atoms with van der Waals surface area (Å²) in [6.45, 7) is 0.156. The summed E-state index contributed by atoms with van der Waals surface area (Å²) in [5, 5.41) is 8.78. The Morgan fingerprint density at radius 2 is 2.08 bits per heavy atom. The van der Waals surface area contributed by atoms with Crippen molar-refractivity contribution in [1.29, 1.82) is 0 Å². The van der Waals surface area contributed by atoms with Gasteiger partial charge in [0.1, 0.15) is 0 Å². The second-order valence-corrected chi connectivity index (χ2v) is 4.81. The van der Waals surface area contributed by atoms with Crippen molar-refractivity contribution in [2.75, 3.05) is 6.61 Å². The van der Waals surface area contributed by atoms with Crippen LogP contribution < -0.4 is 5.73 Å². The third kappa shape index (κ3) is 1.38. The van der Waals surface area contributed by atoms with E-state index in [1.165, 1.54) is 32.1 Å². The third-order valence-corrected chi connectivity index (χ3v) is 3.73. The molecule has 0 aliphatic heterocycles. The van der Waals surface area contributed by atoms with E-state index < -0.39 is 0 Å². The van der Waals surface area contributed by atoms with Gasteiger partial charge in [0.15, 0.2) is 0 Å². The highest BCUT2D eigenvalue weighted by Crippen LogP contribution is 2.59. The summed E-state index contributed by atoms with van der Waals surface area (Å²) in [5.74, 6) is 0.826. The van der Waals surface area contributed by atoms with E-state index in [4.69, 9.17) is 10.8 Å². The van der Waals surface area contributed by atoms with E-state index in [0.29, 0.717) is 0 Å². The Morgan fingerprint density at radius 1 is 1.42 bits per heavy atom. The van der Waals surface area contributed by atoms with Gasteiger partial charge in [0.2, 0.25) is 0 Å². The highest BCUT2D eigenvalue weighted by molar-refractivity contribution is 4.99. The zero-order chi connectivity index (χ0) is 8.60. The van der Waals surface area contributed by atoms with Crippen molar-refractivity contribution in [3.63, 3.8) is 0 Å². The molecule has 0 aromatic heterocycles. The van der Waals surface area contributed by atoms with Crippen LogP contribution in [-0.2, 0) is 0 Å². The molecule has 2 aliphatic rings. The predicted octanol–water partition coefficient (Wildman–Crippen LogP) is 1.28. The molecule has 1 atom stereocenters. The van der Waals surface area contributed by atoms with Crippen molar-refractivity contribution >= 4 is 0 Å². The minimum atomic E-state index is 0.0347. The second kappa shape index (κ2) is 3.00. The minimum absolute atomic E-state index is 0.0347. The standard InChI is InChI=1S/C10H19NO/c11-9(7-12)4-8-5-10(6-8)2-1-3-10/h8-9,12H,1-7,11H2. The van der Waals surface area contributed by atoms with Gasteiger partial charge in [0.25, 0.3) is 0 Å². The number of aliphatic hydroxyl groups excluding tert-OH is 1. The monoisotopic (exact) mass is 169 g/mol. The fourth-order valence-electron chi connectivity index (χ4n) is 2.92. The molecule has 12 heavy (non-hydrogen) atoms. The largest absolute Gasteiger partial charge is 0.395 e. The summed E-state index contributed by atoms with van der Waals surface area (Å²) < 4.78 is 0. The summed E-state index contributed by atoms with van der Waals surface area (Å²) >= 11 is 0. The lowest BCUT2D eigenvalue weighted by Gasteiger charge is -2.54. The zero-order valence-corrected chi connectivity index (χ0v) is 7.63. The highest BCUT2D eigenvalue weighted by atomic mass is 16.3. The fraction of sp³-hybridized carbons (Fsp3) is 1.00. The molecule has 1 unspecified atom stereocenters. The molecule has 2 aliphatic carbocycles. The summed E-state index contributed by atoms with van der Waals surface area (Å²) in [7, 11) is 0. The van der Waals surface area contributed by atoms with Crippen LogP contribution in [0.4, 0.5) is 0 Å². The van der Waals surface area contributed by atoms with Crippen molar-refractivity contribution in [2.24, 2.45) is 17.1 Å². The quantitative estimate of drug-likeness (QED) is 0.668. The molecule has 0 heterocycles. The van der Waals surface area contributed by atoms with Crippen LogP contribution in [0.3, 0.4) is 0 Å². The Kier molecular flexibility index (Phi) is 2.13. The van der Waals surface area contributed by atoms with Crippen LogP contribution in [0.15, 0.2) is 0 Å². The predicted molar refractivity (Wildman–Crippen MR) is 48.7 cm³/mol. The molecule has 3 N–H and O–H groups in total. The van der Waals surface area contributed by atoms with Gasteiger partial charge in [-0.2, -0.15) is 0 Å². The molecule has 0 saturated heterocycles. The number of rotatable bonds is 3. The average molecular weight is 169 g/mol. The van der Waals surface area contributed by atoms with Gasteiger partial charge in [-0.1, -0.05) is 6.42 Å². The molecule has 0 aromatic rings. The molecule has 0 amide bonds. The van der Waals surface area contributed by atoms with Crippen LogP contribution in [-0.4, -0.2) is 17.8 Å². The van der Waals surface area contributed by atoms with E-state index in [1.54, 1.807) is 0 Å². The topological polar surface area (TPSA) is 46.2 Å². The first-order valence-corrected chi connectivity index (χ1v) is 5.11. The number of nitrogens with two attached hydrogens (primary N) is 1. The molecule has 2 rings (SSSR count). The average Bonchev–Trinajstić information content (AvgIpc) is 1.91. The van der Waals surface area contributed by atoms with Gasteiger partial charge in [-0.3, -0.25) is 0 Å². The van der Waals surface area contributed by atoms with Crippen LogP contribution in [0.1, 0.15) is 38.5 Å². The Balaban J connectivity index is 1.67. The Labute approximate surface area is 74.1 Å². The van der Waals surface area contributed by atoms with Crippen molar-refractivity contribution in [2.45, 2.75) is 44.6 Å². The van der Waals surface area contributed by atoms with Gasteiger partial charge in [-0.15, -0.1) is 0 Å². The zero-order valence-electron chi connectivity index (χ0n) is 7.63. The maximum atomic E-state index is 8.78. The maximum absolute atomic E-state index is 8.78. The molecule has 2 fully saturated rings. The van der Waals surface area contributed by atoms with Crippen LogP contribution in [0, 0.1) is 11.3 Å². The molecule has 2 heteroatoms. The van der Waals surface area contributed by atoms with Crippen molar-refractivity contribution in [1.82, 2.24) is 0 Å². The van der Waals surface area contributed by atoms with Crippen molar-refractivity contribution in [3.8, 4) is 0 Å². The Bertz CT molecular complexity index is 154. The molecule has 0 bridgehead atoms. The summed E-state index contributed by atoms with van der Waals surface area (Å²) in [6.07, 6.45) is 8.17. The van der Waals surface area contributed by atoms with E-state index in [2.05, 4.69) is 0 Å². The highest BCUT2D eigenvalue weighted by Gasteiger charge is 2.47. The lowest BCUT2D eigenvalue weighted by Crippen LogP contribution is -2.44. The van der Waals surface area contributed by atoms with E-state index >= 15 is 0 Å². The van der Waals surface area contributed by atoms with Gasteiger partial charge >= 0.3 is 0 Å². The van der Waals surface area contributed by atoms with Crippen LogP contribution in [0.2, 0.25) is 0 Å². The minimum Gasteiger partial charge on any atom is -0.395 e. The number of aliphatic hydroxyl groups is 1. The first-order chi connectivity index (χ1) is 5.74. The van der Waals surface area contributed by atoms with Gasteiger partial charge < -0.3 is 10.8 Å². The lowest BCUT2D eigenvalue weighted by molar-refractivity contribution is -0.0317. The molecule has 1 spiro atoms. The summed E-state index contributed by atoms with van der Waals surface area (Å²) in [4.78, 5) is 0. The van der Waals surface area contributed by atoms with E-state index in [0.717, 1.165) is 17.8 Å². The van der Waals surface area contributed by atoms with Crippen molar-refractivity contribution < 1.29 is 5.11 Å². The van der Waals surface area contributed by atoms with Crippen LogP contribution in [0.25, 0.3) is 0 Å². The van der Waals surface area contributed by atoms with Crippen LogP contribution >= 0.6 is 0 Å². The SMILES string of the molecule is NC(CO)CC1CC2(CCC2)C1. The van der Waals surface area contributed by atoms with E-state index in [9.17, 15) is 0 Å². The Hall–Kier alpha value is -0.0800. The molecule has 2 nitrogen and oxygen atoms in total. The second-order valence-electron chi connectivity index (χ2n) is 4.81. The molecule has 0 radical (unpaired) electrons. The molecule has 70 valence electrons. The number of hydrogen-bond acceptors (Lipinski definition) is 2. The smallest absolute Gasteiger partial charge is 0.0582 e. The normalized spacial score (nSPS) is 29.5. The van der Waals surface area contributed by atoms with E-state index in [-0.39, 0.29) is 12.6 Å². The molecule has 0 aromatic carbocycles. The maximum Gasteiger partial charge on any atom is 0.0582 e. The Morgan fingerprint density at radius 3 is 2.50 bits per heavy atom. The molecular formula is C10H19NO. The fourth-order valence-corrected chi connectivity index (χ4v) is 2.92. The molecule has 2 saturated carbocycles. The third-order valence-electron chi connectivity index (χ3n) is 3.73. The van der Waals surface area contributed by atoms with Gasteiger partial charge in [0, 0.05) is 6.04 Å². The first kappa shape index (κ1) is 8.52. The first-order valence-electron chi connectivity index (χ1n) is 5.11.